The van der Waals surface area contributed by atoms with E-state index in [9.17, 15) is 4.39 Å². The number of nitrogens with one attached hydrogen (secondary N) is 1. The van der Waals surface area contributed by atoms with Crippen LogP contribution in [0, 0.1) is 5.82 Å². The number of aromatic nitrogens is 4. The van der Waals surface area contributed by atoms with Gasteiger partial charge in [0, 0.05) is 36.0 Å². The molecule has 0 spiro atoms. The van der Waals surface area contributed by atoms with E-state index >= 15 is 0 Å². The smallest absolute Gasteiger partial charge is 0.165 e. The Kier molecular flexibility index (Phi) is 4.61. The summed E-state index contributed by atoms with van der Waals surface area (Å²) >= 11 is 0. The molecule has 3 rings (SSSR count). The second-order valence-corrected chi connectivity index (χ2v) is 5.07. The van der Waals surface area contributed by atoms with Crippen molar-refractivity contribution in [2.24, 2.45) is 0 Å². The van der Waals surface area contributed by atoms with Crippen molar-refractivity contribution in [1.82, 2.24) is 20.2 Å². The second kappa shape index (κ2) is 7.00. The lowest BCUT2D eigenvalue weighted by atomic mass is 9.90. The third-order valence-electron chi connectivity index (χ3n) is 3.60. The molecule has 0 aliphatic heterocycles. The number of imidazole rings is 1. The summed E-state index contributed by atoms with van der Waals surface area (Å²) in [5.41, 5.74) is 2.46. The lowest BCUT2D eigenvalue weighted by molar-refractivity contribution is 0.316. The van der Waals surface area contributed by atoms with Gasteiger partial charge in [-0.1, -0.05) is 12.1 Å². The summed E-state index contributed by atoms with van der Waals surface area (Å²) in [4.78, 5) is 7.19. The SMILES string of the molecule is CCOc1c(F)cccc1C(Cc1cccnn1)c1cnc[nH]1. The first-order chi connectivity index (χ1) is 11.3. The third kappa shape index (κ3) is 3.36. The molecule has 0 saturated heterocycles. The predicted octanol–water partition coefficient (Wildman–Crippen LogP) is 3.11. The first-order valence-corrected chi connectivity index (χ1v) is 7.45. The van der Waals surface area contributed by atoms with Gasteiger partial charge in [0.25, 0.3) is 0 Å². The van der Waals surface area contributed by atoms with Crippen LogP contribution in [-0.2, 0) is 6.42 Å². The molecule has 0 fully saturated rings. The minimum Gasteiger partial charge on any atom is -0.490 e. The minimum atomic E-state index is -0.368. The van der Waals surface area contributed by atoms with Gasteiger partial charge < -0.3 is 9.72 Å². The average molecular weight is 312 g/mol. The van der Waals surface area contributed by atoms with Crippen molar-refractivity contribution in [1.29, 1.82) is 0 Å². The van der Waals surface area contributed by atoms with Gasteiger partial charge in [-0.15, -0.1) is 0 Å². The molecule has 2 heterocycles. The summed E-state index contributed by atoms with van der Waals surface area (Å²) < 4.78 is 19.7. The van der Waals surface area contributed by atoms with Gasteiger partial charge in [-0.05, 0) is 25.1 Å². The van der Waals surface area contributed by atoms with Crippen LogP contribution in [0.25, 0.3) is 0 Å². The zero-order valence-electron chi connectivity index (χ0n) is 12.7. The number of hydrogen-bond donors (Lipinski definition) is 1. The maximum Gasteiger partial charge on any atom is 0.165 e. The Morgan fingerprint density at radius 1 is 1.26 bits per heavy atom. The Morgan fingerprint density at radius 2 is 2.17 bits per heavy atom. The standard InChI is InChI=1S/C17H17FN4O/c1-2-23-17-13(6-3-7-15(17)18)14(16-10-19-11-20-16)9-12-5-4-8-21-22-12/h3-8,10-11,14H,2,9H2,1H3,(H,19,20). The van der Waals surface area contributed by atoms with Crippen molar-refractivity contribution in [2.45, 2.75) is 19.3 Å². The maximum atomic E-state index is 14.2. The van der Waals surface area contributed by atoms with Gasteiger partial charge in [0.05, 0.1) is 18.6 Å². The van der Waals surface area contributed by atoms with Crippen LogP contribution in [-0.4, -0.2) is 26.8 Å². The number of H-pyrrole nitrogens is 1. The van der Waals surface area contributed by atoms with E-state index in [0.29, 0.717) is 13.0 Å². The van der Waals surface area contributed by atoms with Crippen LogP contribution in [0.1, 0.15) is 29.8 Å². The molecular formula is C17H17FN4O. The number of nitrogens with zero attached hydrogens (tertiary/aromatic N) is 3. The topological polar surface area (TPSA) is 63.7 Å². The van der Waals surface area contributed by atoms with Crippen LogP contribution >= 0.6 is 0 Å². The first kappa shape index (κ1) is 15.1. The van der Waals surface area contributed by atoms with E-state index in [1.807, 2.05) is 25.1 Å². The zero-order valence-corrected chi connectivity index (χ0v) is 12.7. The highest BCUT2D eigenvalue weighted by Crippen LogP contribution is 2.35. The van der Waals surface area contributed by atoms with E-state index in [2.05, 4.69) is 20.2 Å². The minimum absolute atomic E-state index is 0.147. The van der Waals surface area contributed by atoms with Gasteiger partial charge in [-0.2, -0.15) is 10.2 Å². The molecule has 23 heavy (non-hydrogen) atoms. The summed E-state index contributed by atoms with van der Waals surface area (Å²) in [5.74, 6) is -0.238. The number of aromatic amines is 1. The van der Waals surface area contributed by atoms with Crippen molar-refractivity contribution >= 4 is 0 Å². The quantitative estimate of drug-likeness (QED) is 0.759. The van der Waals surface area contributed by atoms with Gasteiger partial charge in [-0.3, -0.25) is 0 Å². The largest absolute Gasteiger partial charge is 0.490 e. The fourth-order valence-corrected chi connectivity index (χ4v) is 2.59. The number of ether oxygens (including phenoxy) is 1. The fraction of sp³-hybridized carbons (Fsp3) is 0.235. The van der Waals surface area contributed by atoms with Crippen LogP contribution < -0.4 is 4.74 Å². The highest BCUT2D eigenvalue weighted by molar-refractivity contribution is 5.42. The molecule has 0 aliphatic rings. The Bertz CT molecular complexity index is 747. The Balaban J connectivity index is 2.04. The van der Waals surface area contributed by atoms with Crippen LogP contribution in [0.15, 0.2) is 49.1 Å². The normalized spacial score (nSPS) is 12.1. The number of benzene rings is 1. The molecule has 1 N–H and O–H groups in total. The number of halogens is 1. The van der Waals surface area contributed by atoms with Crippen molar-refractivity contribution in [3.63, 3.8) is 0 Å². The van der Waals surface area contributed by atoms with E-state index in [1.54, 1.807) is 24.8 Å². The molecule has 118 valence electrons. The first-order valence-electron chi connectivity index (χ1n) is 7.45. The van der Waals surface area contributed by atoms with E-state index in [0.717, 1.165) is 17.0 Å². The number of hydrogen-bond acceptors (Lipinski definition) is 4. The van der Waals surface area contributed by atoms with Crippen molar-refractivity contribution in [3.05, 3.63) is 71.8 Å². The van der Waals surface area contributed by atoms with Crippen LogP contribution in [0.2, 0.25) is 0 Å². The zero-order chi connectivity index (χ0) is 16.1. The number of rotatable bonds is 6. The summed E-state index contributed by atoms with van der Waals surface area (Å²) in [5, 5.41) is 8.04. The maximum absolute atomic E-state index is 14.2. The molecule has 1 aromatic carbocycles. The molecule has 1 unspecified atom stereocenters. The number of para-hydroxylation sites is 1. The summed E-state index contributed by atoms with van der Waals surface area (Å²) in [7, 11) is 0. The summed E-state index contributed by atoms with van der Waals surface area (Å²) in [6.45, 7) is 2.23. The van der Waals surface area contributed by atoms with Crippen LogP contribution in [0.4, 0.5) is 4.39 Å². The Labute approximate surface area is 133 Å². The van der Waals surface area contributed by atoms with Gasteiger partial charge in [0.15, 0.2) is 11.6 Å². The highest BCUT2D eigenvalue weighted by Gasteiger charge is 2.23. The Hall–Kier alpha value is -2.76. The van der Waals surface area contributed by atoms with Crippen molar-refractivity contribution in [2.75, 3.05) is 6.61 Å². The van der Waals surface area contributed by atoms with E-state index in [1.165, 1.54) is 6.07 Å². The average Bonchev–Trinajstić information content (AvgIpc) is 3.10. The third-order valence-corrected chi connectivity index (χ3v) is 3.60. The fourth-order valence-electron chi connectivity index (χ4n) is 2.59. The summed E-state index contributed by atoms with van der Waals surface area (Å²) in [6.07, 6.45) is 5.54. The van der Waals surface area contributed by atoms with Gasteiger partial charge >= 0.3 is 0 Å². The monoisotopic (exact) mass is 312 g/mol. The molecule has 0 saturated carbocycles. The molecule has 0 amide bonds. The van der Waals surface area contributed by atoms with E-state index in [-0.39, 0.29) is 17.5 Å². The highest BCUT2D eigenvalue weighted by atomic mass is 19.1. The molecule has 0 bridgehead atoms. The summed E-state index contributed by atoms with van der Waals surface area (Å²) in [6, 6.07) is 8.70. The Morgan fingerprint density at radius 3 is 2.87 bits per heavy atom. The van der Waals surface area contributed by atoms with Crippen molar-refractivity contribution in [3.8, 4) is 5.75 Å². The molecular weight excluding hydrogens is 295 g/mol. The molecule has 2 aromatic heterocycles. The predicted molar refractivity (Wildman–Crippen MR) is 83.7 cm³/mol. The molecule has 0 aliphatic carbocycles. The molecule has 5 nitrogen and oxygen atoms in total. The van der Waals surface area contributed by atoms with E-state index in [4.69, 9.17) is 4.74 Å². The van der Waals surface area contributed by atoms with Crippen LogP contribution in [0.5, 0.6) is 5.75 Å². The van der Waals surface area contributed by atoms with Gasteiger partial charge in [0.2, 0.25) is 0 Å². The van der Waals surface area contributed by atoms with Crippen molar-refractivity contribution < 1.29 is 9.13 Å². The van der Waals surface area contributed by atoms with Gasteiger partial charge in [0.1, 0.15) is 0 Å². The molecule has 1 atom stereocenters. The van der Waals surface area contributed by atoms with Crippen LogP contribution in [0.3, 0.4) is 0 Å². The van der Waals surface area contributed by atoms with Gasteiger partial charge in [-0.25, -0.2) is 9.37 Å². The molecule has 3 aromatic rings. The van der Waals surface area contributed by atoms with E-state index < -0.39 is 0 Å². The lowest BCUT2D eigenvalue weighted by Gasteiger charge is -2.19. The second-order valence-electron chi connectivity index (χ2n) is 5.07. The molecule has 0 radical (unpaired) electrons. The lowest BCUT2D eigenvalue weighted by Crippen LogP contribution is -2.10. The molecule has 6 heteroatoms.